The number of nitro groups is 1. The molecule has 0 amide bonds. The zero-order chi connectivity index (χ0) is 14.8. The lowest BCUT2D eigenvalue weighted by Crippen LogP contribution is -2.02. The van der Waals surface area contributed by atoms with Gasteiger partial charge in [-0.15, -0.1) is 0 Å². The lowest BCUT2D eigenvalue weighted by Gasteiger charge is -2.04. The van der Waals surface area contributed by atoms with Crippen LogP contribution in [0.5, 0.6) is 0 Å². The fourth-order valence-corrected chi connectivity index (χ4v) is 2.42. The molecule has 7 heteroatoms. The Morgan fingerprint density at radius 3 is 2.86 bits per heavy atom. The van der Waals surface area contributed by atoms with Gasteiger partial charge >= 0.3 is 0 Å². The van der Waals surface area contributed by atoms with Gasteiger partial charge in [0, 0.05) is 22.9 Å². The molecule has 0 radical (unpaired) electrons. The minimum Gasteiger partial charge on any atom is -0.374 e. The summed E-state index contributed by atoms with van der Waals surface area (Å²) in [7, 11) is 0. The van der Waals surface area contributed by atoms with Gasteiger partial charge in [-0.1, -0.05) is 12.1 Å². The van der Waals surface area contributed by atoms with Crippen molar-refractivity contribution < 1.29 is 4.92 Å². The van der Waals surface area contributed by atoms with E-state index in [0.717, 1.165) is 15.8 Å². The molecule has 0 aliphatic heterocycles. The highest BCUT2D eigenvalue weighted by molar-refractivity contribution is 9.10. The van der Waals surface area contributed by atoms with Gasteiger partial charge in [0.05, 0.1) is 17.2 Å². The number of rotatable bonds is 4. The molecule has 1 aromatic carbocycles. The summed E-state index contributed by atoms with van der Waals surface area (Å²) in [6.07, 6.45) is 3.80. The Balaban J connectivity index is 1.82. The average molecular weight is 347 g/mol. The maximum absolute atomic E-state index is 11.0. The number of hydrogen-bond donors (Lipinski definition) is 1. The van der Waals surface area contributed by atoms with Gasteiger partial charge in [0.1, 0.15) is 11.3 Å². The summed E-state index contributed by atoms with van der Waals surface area (Å²) in [6, 6.07) is 10.4. The molecule has 2 heterocycles. The van der Waals surface area contributed by atoms with Crippen molar-refractivity contribution >= 4 is 33.0 Å². The molecule has 0 saturated heterocycles. The molecule has 1 N–H and O–H groups in total. The molecule has 2 aromatic heterocycles. The van der Waals surface area contributed by atoms with E-state index < -0.39 is 4.92 Å². The van der Waals surface area contributed by atoms with E-state index in [2.05, 4.69) is 26.2 Å². The number of benzene rings is 1. The molecule has 0 unspecified atom stereocenters. The van der Waals surface area contributed by atoms with E-state index in [1.54, 1.807) is 18.2 Å². The molecular formula is C14H11BrN4O2. The van der Waals surface area contributed by atoms with Gasteiger partial charge in [0.15, 0.2) is 0 Å². The summed E-state index contributed by atoms with van der Waals surface area (Å²) in [5, 5.41) is 14.0. The number of aromatic nitrogens is 2. The molecule has 0 saturated carbocycles. The van der Waals surface area contributed by atoms with Crippen molar-refractivity contribution in [3.63, 3.8) is 0 Å². The van der Waals surface area contributed by atoms with Crippen molar-refractivity contribution in [3.05, 3.63) is 69.1 Å². The predicted molar refractivity (Wildman–Crippen MR) is 83.3 cm³/mol. The first kappa shape index (κ1) is 13.6. The molecule has 0 spiro atoms. The third-order valence-electron chi connectivity index (χ3n) is 3.03. The van der Waals surface area contributed by atoms with Crippen LogP contribution in [-0.4, -0.2) is 14.3 Å². The van der Waals surface area contributed by atoms with Crippen LogP contribution in [0.4, 0.5) is 11.4 Å². The minimum atomic E-state index is -0.400. The molecule has 21 heavy (non-hydrogen) atoms. The number of pyridine rings is 1. The molecule has 0 aliphatic rings. The average Bonchev–Trinajstić information content (AvgIpc) is 2.87. The first-order valence-corrected chi connectivity index (χ1v) is 7.03. The largest absolute Gasteiger partial charge is 0.374 e. The zero-order valence-corrected chi connectivity index (χ0v) is 12.4. The monoisotopic (exact) mass is 346 g/mol. The van der Waals surface area contributed by atoms with Crippen molar-refractivity contribution in [1.82, 2.24) is 9.38 Å². The Morgan fingerprint density at radius 1 is 1.24 bits per heavy atom. The highest BCUT2D eigenvalue weighted by atomic mass is 79.9. The van der Waals surface area contributed by atoms with Crippen molar-refractivity contribution in [2.24, 2.45) is 0 Å². The van der Waals surface area contributed by atoms with Gasteiger partial charge in [-0.25, -0.2) is 4.98 Å². The molecule has 0 atom stereocenters. The van der Waals surface area contributed by atoms with Gasteiger partial charge in [-0.2, -0.15) is 0 Å². The maximum atomic E-state index is 11.0. The standard InChI is InChI=1S/C14H11BrN4O2/c15-10-5-6-14-17-11(9-18(14)8-10)7-16-12-3-1-2-4-13(12)19(20)21/h1-6,8-9,16H,7H2. The van der Waals surface area contributed by atoms with E-state index in [-0.39, 0.29) is 5.69 Å². The molecule has 6 nitrogen and oxygen atoms in total. The van der Waals surface area contributed by atoms with Gasteiger partial charge in [0.25, 0.3) is 5.69 Å². The summed E-state index contributed by atoms with van der Waals surface area (Å²) < 4.78 is 2.87. The number of anilines is 1. The van der Waals surface area contributed by atoms with E-state index in [9.17, 15) is 10.1 Å². The van der Waals surface area contributed by atoms with Crippen molar-refractivity contribution in [2.45, 2.75) is 6.54 Å². The minimum absolute atomic E-state index is 0.0593. The molecule has 3 rings (SSSR count). The lowest BCUT2D eigenvalue weighted by molar-refractivity contribution is -0.384. The van der Waals surface area contributed by atoms with Crippen LogP contribution in [0.25, 0.3) is 5.65 Å². The first-order valence-electron chi connectivity index (χ1n) is 6.24. The van der Waals surface area contributed by atoms with E-state index >= 15 is 0 Å². The predicted octanol–water partition coefficient (Wildman–Crippen LogP) is 3.62. The van der Waals surface area contributed by atoms with Crippen LogP contribution in [0, 0.1) is 10.1 Å². The molecule has 106 valence electrons. The number of imidazole rings is 1. The van der Waals surface area contributed by atoms with Gasteiger partial charge in [-0.05, 0) is 34.1 Å². The number of nitrogens with one attached hydrogen (secondary N) is 1. The first-order chi connectivity index (χ1) is 10.1. The normalized spacial score (nSPS) is 10.7. The molecule has 3 aromatic rings. The summed E-state index contributed by atoms with van der Waals surface area (Å²) in [5.41, 5.74) is 2.19. The Kier molecular flexibility index (Phi) is 3.57. The van der Waals surface area contributed by atoms with Crippen LogP contribution in [-0.2, 0) is 6.54 Å². The van der Waals surface area contributed by atoms with E-state index in [4.69, 9.17) is 0 Å². The fraction of sp³-hybridized carbons (Fsp3) is 0.0714. The van der Waals surface area contributed by atoms with E-state index in [1.165, 1.54) is 6.07 Å². The van der Waals surface area contributed by atoms with Crippen LogP contribution in [0.15, 0.2) is 53.3 Å². The lowest BCUT2D eigenvalue weighted by atomic mass is 10.2. The summed E-state index contributed by atoms with van der Waals surface area (Å²) in [6.45, 7) is 0.421. The van der Waals surface area contributed by atoms with Gasteiger partial charge in [-0.3, -0.25) is 10.1 Å². The smallest absolute Gasteiger partial charge is 0.292 e. The van der Waals surface area contributed by atoms with Crippen molar-refractivity contribution in [3.8, 4) is 0 Å². The number of hydrogen-bond acceptors (Lipinski definition) is 4. The molecular weight excluding hydrogens is 336 g/mol. The van der Waals surface area contributed by atoms with Crippen LogP contribution in [0.2, 0.25) is 0 Å². The zero-order valence-electron chi connectivity index (χ0n) is 10.9. The molecule has 0 fully saturated rings. The highest BCUT2D eigenvalue weighted by Gasteiger charge is 2.12. The summed E-state index contributed by atoms with van der Waals surface area (Å²) in [5.74, 6) is 0. The Labute approximate surface area is 128 Å². The topological polar surface area (TPSA) is 72.5 Å². The highest BCUT2D eigenvalue weighted by Crippen LogP contribution is 2.23. The number of fused-ring (bicyclic) bond motifs is 1. The molecule has 0 aliphatic carbocycles. The SMILES string of the molecule is O=[N+]([O-])c1ccccc1NCc1cn2cc(Br)ccc2n1. The second kappa shape index (κ2) is 5.53. The quantitative estimate of drug-likeness (QED) is 0.578. The fourth-order valence-electron chi connectivity index (χ4n) is 2.07. The Bertz CT molecular complexity index is 816. The summed E-state index contributed by atoms with van der Waals surface area (Å²) in [4.78, 5) is 15.0. The maximum Gasteiger partial charge on any atom is 0.292 e. The number of para-hydroxylation sites is 2. The Morgan fingerprint density at radius 2 is 2.05 bits per heavy atom. The number of nitrogens with zero attached hydrogens (tertiary/aromatic N) is 3. The number of halogens is 1. The Hall–Kier alpha value is -2.41. The third kappa shape index (κ3) is 2.87. The molecule has 0 bridgehead atoms. The van der Waals surface area contributed by atoms with Crippen LogP contribution in [0.1, 0.15) is 5.69 Å². The summed E-state index contributed by atoms with van der Waals surface area (Å²) >= 11 is 3.40. The number of nitro benzene ring substituents is 1. The van der Waals surface area contributed by atoms with Crippen LogP contribution < -0.4 is 5.32 Å². The van der Waals surface area contributed by atoms with Gasteiger partial charge in [0.2, 0.25) is 0 Å². The second-order valence-corrected chi connectivity index (χ2v) is 5.39. The third-order valence-corrected chi connectivity index (χ3v) is 3.49. The van der Waals surface area contributed by atoms with Crippen LogP contribution >= 0.6 is 15.9 Å². The van der Waals surface area contributed by atoms with Crippen molar-refractivity contribution in [2.75, 3.05) is 5.32 Å². The van der Waals surface area contributed by atoms with Crippen molar-refractivity contribution in [1.29, 1.82) is 0 Å². The van der Waals surface area contributed by atoms with Gasteiger partial charge < -0.3 is 9.72 Å². The second-order valence-electron chi connectivity index (χ2n) is 4.47. The van der Waals surface area contributed by atoms with Crippen LogP contribution in [0.3, 0.4) is 0 Å². The van der Waals surface area contributed by atoms with E-state index in [1.807, 2.05) is 28.9 Å². The van der Waals surface area contributed by atoms with E-state index in [0.29, 0.717) is 12.2 Å².